The van der Waals surface area contributed by atoms with Gasteiger partial charge in [0.1, 0.15) is 3.70 Å². The van der Waals surface area contributed by atoms with Crippen molar-refractivity contribution in [3.63, 3.8) is 0 Å². The molecule has 0 aliphatic rings. The largest absolute Gasteiger partial charge is 0.493 e. The van der Waals surface area contributed by atoms with E-state index in [1.165, 1.54) is 0 Å². The van der Waals surface area contributed by atoms with Gasteiger partial charge in [-0.2, -0.15) is 0 Å². The Morgan fingerprint density at radius 3 is 2.76 bits per heavy atom. The van der Waals surface area contributed by atoms with Crippen molar-refractivity contribution in [2.45, 2.75) is 32.7 Å². The molecule has 118 valence electrons. The minimum atomic E-state index is -1.02. The maximum absolute atomic E-state index is 10.7. The summed E-state index contributed by atoms with van der Waals surface area (Å²) in [6.45, 7) is 6.18. The van der Waals surface area contributed by atoms with E-state index in [0.29, 0.717) is 24.5 Å². The zero-order valence-electron chi connectivity index (χ0n) is 12.6. The van der Waals surface area contributed by atoms with Crippen LogP contribution >= 0.6 is 22.6 Å². The number of nitrogens with zero attached hydrogens (tertiary/aromatic N) is 1. The molecule has 1 heterocycles. The van der Waals surface area contributed by atoms with E-state index >= 15 is 0 Å². The Morgan fingerprint density at radius 2 is 2.19 bits per heavy atom. The molecule has 21 heavy (non-hydrogen) atoms. The molecule has 0 bridgehead atoms. The predicted molar refractivity (Wildman–Crippen MR) is 88.0 cm³/mol. The second-order valence-electron chi connectivity index (χ2n) is 5.59. The van der Waals surface area contributed by atoms with Crippen molar-refractivity contribution in [2.75, 3.05) is 13.7 Å². The molecule has 0 saturated carbocycles. The van der Waals surface area contributed by atoms with Gasteiger partial charge in [-0.05, 0) is 48.8 Å². The van der Waals surface area contributed by atoms with Crippen molar-refractivity contribution >= 4 is 28.7 Å². The monoisotopic (exact) mass is 408 g/mol. The van der Waals surface area contributed by atoms with Gasteiger partial charge in [0.15, 0.2) is 11.5 Å². The van der Waals surface area contributed by atoms with Crippen LogP contribution in [0.4, 0.5) is 4.79 Å². The summed E-state index contributed by atoms with van der Waals surface area (Å²) in [5.41, 5.74) is -0.497. The van der Waals surface area contributed by atoms with Gasteiger partial charge in [0.25, 0.3) is 0 Å². The van der Waals surface area contributed by atoms with Crippen molar-refractivity contribution < 1.29 is 19.4 Å². The SMILES string of the molecule is COc1cc(I)ncc1OC[C@@H](C)CC(C)(C)NC(=O)O. The molecule has 1 aromatic rings. The van der Waals surface area contributed by atoms with Gasteiger partial charge in [-0.3, -0.25) is 0 Å². The number of pyridine rings is 1. The average Bonchev–Trinajstić information content (AvgIpc) is 2.34. The van der Waals surface area contributed by atoms with Gasteiger partial charge < -0.3 is 19.9 Å². The maximum atomic E-state index is 10.7. The average molecular weight is 408 g/mol. The van der Waals surface area contributed by atoms with Crippen LogP contribution in [0.5, 0.6) is 11.5 Å². The molecule has 0 saturated heterocycles. The summed E-state index contributed by atoms with van der Waals surface area (Å²) in [5.74, 6) is 1.41. The summed E-state index contributed by atoms with van der Waals surface area (Å²) in [7, 11) is 1.58. The highest BCUT2D eigenvalue weighted by atomic mass is 127. The molecule has 2 N–H and O–H groups in total. The molecule has 0 radical (unpaired) electrons. The van der Waals surface area contributed by atoms with Crippen LogP contribution in [0.15, 0.2) is 12.3 Å². The second kappa shape index (κ2) is 7.67. The number of carboxylic acid groups (broad SMARTS) is 1. The first kappa shape index (κ1) is 17.8. The number of nitrogens with one attached hydrogen (secondary N) is 1. The molecule has 1 aromatic heterocycles. The number of methoxy groups -OCH3 is 1. The Hall–Kier alpha value is -1.25. The first-order valence-corrected chi connectivity index (χ1v) is 7.65. The highest BCUT2D eigenvalue weighted by molar-refractivity contribution is 14.1. The zero-order chi connectivity index (χ0) is 16.0. The van der Waals surface area contributed by atoms with Crippen molar-refractivity contribution in [1.29, 1.82) is 0 Å². The van der Waals surface area contributed by atoms with Gasteiger partial charge in [0, 0.05) is 11.6 Å². The van der Waals surface area contributed by atoms with E-state index < -0.39 is 11.6 Å². The molecule has 0 aromatic carbocycles. The molecule has 0 aliphatic carbocycles. The maximum Gasteiger partial charge on any atom is 0.405 e. The standard InChI is InChI=1S/C14H21IN2O4/c1-9(6-14(2,3)17-13(18)19)8-21-11-7-16-12(15)5-10(11)20-4/h5,7,9,17H,6,8H2,1-4H3,(H,18,19)/t9-/m0/s1. The van der Waals surface area contributed by atoms with Gasteiger partial charge in [0.05, 0.1) is 19.9 Å². The van der Waals surface area contributed by atoms with E-state index in [4.69, 9.17) is 14.6 Å². The van der Waals surface area contributed by atoms with Crippen LogP contribution < -0.4 is 14.8 Å². The van der Waals surface area contributed by atoms with Crippen LogP contribution in [0.25, 0.3) is 0 Å². The normalized spacial score (nSPS) is 12.6. The summed E-state index contributed by atoms with van der Waals surface area (Å²) >= 11 is 2.11. The number of carbonyl (C=O) groups is 1. The first-order chi connectivity index (χ1) is 9.73. The first-order valence-electron chi connectivity index (χ1n) is 6.57. The lowest BCUT2D eigenvalue weighted by atomic mass is 9.92. The summed E-state index contributed by atoms with van der Waals surface area (Å²) in [5, 5.41) is 11.3. The Labute approximate surface area is 138 Å². The summed E-state index contributed by atoms with van der Waals surface area (Å²) in [6.07, 6.45) is 1.28. The number of hydrogen-bond donors (Lipinski definition) is 2. The Balaban J connectivity index is 2.57. The molecule has 6 nitrogen and oxygen atoms in total. The topological polar surface area (TPSA) is 80.7 Å². The Kier molecular flexibility index (Phi) is 6.50. The number of rotatable bonds is 7. The quantitative estimate of drug-likeness (QED) is 0.535. The molecule has 1 amide bonds. The number of hydrogen-bond acceptors (Lipinski definition) is 4. The van der Waals surface area contributed by atoms with E-state index in [2.05, 4.69) is 32.9 Å². The van der Waals surface area contributed by atoms with Gasteiger partial charge >= 0.3 is 6.09 Å². The number of halogens is 1. The smallest absolute Gasteiger partial charge is 0.405 e. The third kappa shape index (κ3) is 6.36. The fraction of sp³-hybridized carbons (Fsp3) is 0.571. The summed E-state index contributed by atoms with van der Waals surface area (Å²) < 4.78 is 11.8. The zero-order valence-corrected chi connectivity index (χ0v) is 14.8. The lowest BCUT2D eigenvalue weighted by Crippen LogP contribution is -2.44. The molecule has 7 heteroatoms. The molecule has 1 atom stereocenters. The van der Waals surface area contributed by atoms with Crippen LogP contribution in [-0.2, 0) is 0 Å². The van der Waals surface area contributed by atoms with Gasteiger partial charge in [-0.1, -0.05) is 6.92 Å². The number of amides is 1. The lowest BCUT2D eigenvalue weighted by Gasteiger charge is -2.28. The van der Waals surface area contributed by atoms with Crippen molar-refractivity contribution in [3.8, 4) is 11.5 Å². The molecular formula is C14H21IN2O4. The molecule has 0 aliphatic heterocycles. The van der Waals surface area contributed by atoms with Crippen LogP contribution in [0.1, 0.15) is 27.2 Å². The molecule has 1 rings (SSSR count). The fourth-order valence-corrected chi connectivity index (χ4v) is 2.59. The van der Waals surface area contributed by atoms with Crippen molar-refractivity contribution in [2.24, 2.45) is 5.92 Å². The number of ether oxygens (including phenoxy) is 2. The fourth-order valence-electron chi connectivity index (χ4n) is 2.17. The third-order valence-corrected chi connectivity index (χ3v) is 3.44. The molecule has 0 unspecified atom stereocenters. The van der Waals surface area contributed by atoms with E-state index in [0.717, 1.165) is 3.70 Å². The number of aromatic nitrogens is 1. The molecular weight excluding hydrogens is 387 g/mol. The van der Waals surface area contributed by atoms with Gasteiger partial charge in [-0.25, -0.2) is 9.78 Å². The van der Waals surface area contributed by atoms with E-state index in [-0.39, 0.29) is 5.92 Å². The van der Waals surface area contributed by atoms with Gasteiger partial charge in [-0.15, -0.1) is 0 Å². The van der Waals surface area contributed by atoms with E-state index in [9.17, 15) is 4.79 Å². The van der Waals surface area contributed by atoms with Crippen LogP contribution in [0, 0.1) is 9.62 Å². The summed E-state index contributed by atoms with van der Waals surface area (Å²) in [6, 6.07) is 1.80. The Morgan fingerprint density at radius 1 is 1.52 bits per heavy atom. The Bertz CT molecular complexity index is 494. The molecule has 0 spiro atoms. The second-order valence-corrected chi connectivity index (χ2v) is 6.70. The van der Waals surface area contributed by atoms with Crippen molar-refractivity contribution in [1.82, 2.24) is 10.3 Å². The molecule has 0 fully saturated rings. The van der Waals surface area contributed by atoms with Gasteiger partial charge in [0.2, 0.25) is 0 Å². The van der Waals surface area contributed by atoms with E-state index in [1.807, 2.05) is 20.8 Å². The van der Waals surface area contributed by atoms with Crippen LogP contribution in [0.3, 0.4) is 0 Å². The summed E-state index contributed by atoms with van der Waals surface area (Å²) in [4.78, 5) is 14.9. The van der Waals surface area contributed by atoms with Crippen LogP contribution in [0.2, 0.25) is 0 Å². The highest BCUT2D eigenvalue weighted by Gasteiger charge is 2.23. The predicted octanol–water partition coefficient (Wildman–Crippen LogP) is 3.15. The van der Waals surface area contributed by atoms with E-state index in [1.54, 1.807) is 19.4 Å². The van der Waals surface area contributed by atoms with Crippen molar-refractivity contribution in [3.05, 3.63) is 16.0 Å². The highest BCUT2D eigenvalue weighted by Crippen LogP contribution is 2.28. The minimum Gasteiger partial charge on any atom is -0.493 e. The minimum absolute atomic E-state index is 0.177. The lowest BCUT2D eigenvalue weighted by molar-refractivity contribution is 0.168. The van der Waals surface area contributed by atoms with Crippen LogP contribution in [-0.4, -0.2) is 35.4 Å². The third-order valence-electron chi connectivity index (χ3n) is 2.85.